The van der Waals surface area contributed by atoms with Crippen LogP contribution in [-0.2, 0) is 0 Å². The van der Waals surface area contributed by atoms with Crippen LogP contribution in [0.2, 0.25) is 0 Å². The molecule has 0 aliphatic rings. The summed E-state index contributed by atoms with van der Waals surface area (Å²) in [5.74, 6) is 0.670. The first-order chi connectivity index (χ1) is 4.66. The topological polar surface area (TPSA) is 32.3 Å². The molecule has 0 rings (SSSR count). The van der Waals surface area contributed by atoms with Gasteiger partial charge >= 0.3 is 0 Å². The highest BCUT2D eigenvalue weighted by molar-refractivity contribution is 4.57. The zero-order valence-corrected chi connectivity index (χ0v) is 7.22. The fourth-order valence-corrected chi connectivity index (χ4v) is 0.683. The summed E-state index contributed by atoms with van der Waals surface area (Å²) in [5, 5.41) is 12.3. The van der Waals surface area contributed by atoms with E-state index in [1.807, 2.05) is 6.92 Å². The summed E-state index contributed by atoms with van der Waals surface area (Å²) in [4.78, 5) is 0. The van der Waals surface area contributed by atoms with Gasteiger partial charge in [-0.2, -0.15) is 0 Å². The zero-order valence-electron chi connectivity index (χ0n) is 7.22. The van der Waals surface area contributed by atoms with Crippen LogP contribution in [0.3, 0.4) is 0 Å². The van der Waals surface area contributed by atoms with Crippen molar-refractivity contribution in [3.05, 3.63) is 0 Å². The second-order valence-corrected chi connectivity index (χ2v) is 3.11. The average Bonchev–Trinajstić information content (AvgIpc) is 1.87. The van der Waals surface area contributed by atoms with Crippen molar-refractivity contribution in [2.24, 2.45) is 5.92 Å². The summed E-state index contributed by atoms with van der Waals surface area (Å²) in [6.07, 6.45) is 0.671. The van der Waals surface area contributed by atoms with Gasteiger partial charge < -0.3 is 10.4 Å². The van der Waals surface area contributed by atoms with Crippen molar-refractivity contribution < 1.29 is 5.11 Å². The predicted molar refractivity (Wildman–Crippen MR) is 44.0 cm³/mol. The van der Waals surface area contributed by atoms with Crippen LogP contribution in [0.4, 0.5) is 0 Å². The highest BCUT2D eigenvalue weighted by Crippen LogP contribution is 1.89. The summed E-state index contributed by atoms with van der Waals surface area (Å²) < 4.78 is 0. The molecule has 2 heteroatoms. The van der Waals surface area contributed by atoms with Crippen LogP contribution in [-0.4, -0.2) is 24.3 Å². The van der Waals surface area contributed by atoms with Gasteiger partial charge in [0.2, 0.25) is 0 Å². The second kappa shape index (κ2) is 5.69. The molecule has 0 aromatic carbocycles. The maximum absolute atomic E-state index is 9.11. The van der Waals surface area contributed by atoms with Gasteiger partial charge in [0.05, 0.1) is 6.10 Å². The number of aliphatic hydroxyl groups is 1. The number of nitrogens with one attached hydrogen (secondary N) is 1. The Bertz CT molecular complexity index is 73.7. The molecule has 0 aromatic rings. The molecule has 2 nitrogen and oxygen atoms in total. The van der Waals surface area contributed by atoms with Gasteiger partial charge in [-0.1, -0.05) is 20.8 Å². The quantitative estimate of drug-likeness (QED) is 0.605. The molecule has 1 atom stereocenters. The summed E-state index contributed by atoms with van der Waals surface area (Å²) >= 11 is 0. The van der Waals surface area contributed by atoms with Gasteiger partial charge in [0.15, 0.2) is 0 Å². The van der Waals surface area contributed by atoms with Gasteiger partial charge in [0.25, 0.3) is 0 Å². The molecular weight excluding hydrogens is 126 g/mol. The van der Waals surface area contributed by atoms with Crippen molar-refractivity contribution in [2.75, 3.05) is 13.1 Å². The van der Waals surface area contributed by atoms with Crippen molar-refractivity contribution in [1.29, 1.82) is 0 Å². The minimum atomic E-state index is -0.168. The van der Waals surface area contributed by atoms with Crippen LogP contribution in [0.5, 0.6) is 0 Å². The van der Waals surface area contributed by atoms with E-state index in [-0.39, 0.29) is 6.10 Å². The van der Waals surface area contributed by atoms with E-state index in [4.69, 9.17) is 5.11 Å². The van der Waals surface area contributed by atoms with Gasteiger partial charge in [-0.05, 0) is 18.9 Å². The summed E-state index contributed by atoms with van der Waals surface area (Å²) in [7, 11) is 0. The Morgan fingerprint density at radius 2 is 1.90 bits per heavy atom. The van der Waals surface area contributed by atoms with Crippen LogP contribution < -0.4 is 5.32 Å². The lowest BCUT2D eigenvalue weighted by Gasteiger charge is -2.10. The molecule has 0 aromatic heterocycles. The smallest absolute Gasteiger partial charge is 0.0662 e. The third-order valence-electron chi connectivity index (χ3n) is 1.40. The molecule has 0 aliphatic carbocycles. The van der Waals surface area contributed by atoms with Crippen LogP contribution in [0, 0.1) is 5.92 Å². The summed E-state index contributed by atoms with van der Waals surface area (Å²) in [6.45, 7) is 8.03. The van der Waals surface area contributed by atoms with Crippen molar-refractivity contribution in [3.63, 3.8) is 0 Å². The van der Waals surface area contributed by atoms with Gasteiger partial charge in [-0.15, -0.1) is 0 Å². The Hall–Kier alpha value is -0.0800. The maximum Gasteiger partial charge on any atom is 0.0662 e. The molecule has 0 saturated heterocycles. The van der Waals surface area contributed by atoms with Crippen LogP contribution in [0.25, 0.3) is 0 Å². The van der Waals surface area contributed by atoms with E-state index < -0.39 is 0 Å². The highest BCUT2D eigenvalue weighted by Gasteiger charge is 1.99. The lowest BCUT2D eigenvalue weighted by atomic mass is 10.2. The monoisotopic (exact) mass is 145 g/mol. The Morgan fingerprint density at radius 3 is 2.30 bits per heavy atom. The molecule has 0 aliphatic heterocycles. The largest absolute Gasteiger partial charge is 0.392 e. The lowest BCUT2D eigenvalue weighted by molar-refractivity contribution is 0.166. The van der Waals surface area contributed by atoms with E-state index in [2.05, 4.69) is 19.2 Å². The molecule has 2 N–H and O–H groups in total. The standard InChI is InChI=1S/C8H19NO/c1-4-8(10)6-9-5-7(2)3/h7-10H,4-6H2,1-3H3/t8-/m1/s1. The van der Waals surface area contributed by atoms with Crippen molar-refractivity contribution >= 4 is 0 Å². The second-order valence-electron chi connectivity index (χ2n) is 3.11. The van der Waals surface area contributed by atoms with Gasteiger partial charge in [-0.3, -0.25) is 0 Å². The molecule has 0 amide bonds. The Labute approximate surface area is 63.6 Å². The molecular formula is C8H19NO. The zero-order chi connectivity index (χ0) is 7.98. The SMILES string of the molecule is CC[C@@H](O)CNCC(C)C. The molecule has 0 fully saturated rings. The number of rotatable bonds is 5. The van der Waals surface area contributed by atoms with E-state index in [1.54, 1.807) is 0 Å². The average molecular weight is 145 g/mol. The Kier molecular flexibility index (Phi) is 5.64. The van der Waals surface area contributed by atoms with Crippen LogP contribution in [0.15, 0.2) is 0 Å². The molecule has 0 heterocycles. The molecule has 0 radical (unpaired) electrons. The first kappa shape index (κ1) is 9.92. The highest BCUT2D eigenvalue weighted by atomic mass is 16.3. The summed E-state index contributed by atoms with van der Waals surface area (Å²) in [5.41, 5.74) is 0. The maximum atomic E-state index is 9.11. The molecule has 62 valence electrons. The van der Waals surface area contributed by atoms with Crippen molar-refractivity contribution in [1.82, 2.24) is 5.32 Å². The van der Waals surface area contributed by atoms with E-state index in [0.717, 1.165) is 19.5 Å². The third kappa shape index (κ3) is 6.05. The van der Waals surface area contributed by atoms with E-state index in [9.17, 15) is 0 Å². The van der Waals surface area contributed by atoms with Crippen LogP contribution in [0.1, 0.15) is 27.2 Å². The van der Waals surface area contributed by atoms with E-state index in [0.29, 0.717) is 5.92 Å². The molecule has 0 saturated carbocycles. The normalized spacial score (nSPS) is 14.1. The van der Waals surface area contributed by atoms with E-state index in [1.165, 1.54) is 0 Å². The number of aliphatic hydroxyl groups excluding tert-OH is 1. The Morgan fingerprint density at radius 1 is 1.30 bits per heavy atom. The fraction of sp³-hybridized carbons (Fsp3) is 1.00. The van der Waals surface area contributed by atoms with E-state index >= 15 is 0 Å². The summed E-state index contributed by atoms with van der Waals surface area (Å²) in [6, 6.07) is 0. The Balaban J connectivity index is 3.03. The molecule has 10 heavy (non-hydrogen) atoms. The molecule has 0 bridgehead atoms. The predicted octanol–water partition coefficient (Wildman–Crippen LogP) is 1.00. The molecule has 0 spiro atoms. The van der Waals surface area contributed by atoms with Crippen LogP contribution >= 0.6 is 0 Å². The van der Waals surface area contributed by atoms with Gasteiger partial charge in [0, 0.05) is 6.54 Å². The first-order valence-electron chi connectivity index (χ1n) is 4.05. The minimum Gasteiger partial charge on any atom is -0.392 e. The van der Waals surface area contributed by atoms with Gasteiger partial charge in [-0.25, -0.2) is 0 Å². The van der Waals surface area contributed by atoms with Crippen molar-refractivity contribution in [3.8, 4) is 0 Å². The minimum absolute atomic E-state index is 0.168. The number of hydrogen-bond acceptors (Lipinski definition) is 2. The lowest BCUT2D eigenvalue weighted by Crippen LogP contribution is -2.29. The molecule has 0 unspecified atom stereocenters. The third-order valence-corrected chi connectivity index (χ3v) is 1.40. The fourth-order valence-electron chi connectivity index (χ4n) is 0.683. The van der Waals surface area contributed by atoms with Gasteiger partial charge in [0.1, 0.15) is 0 Å². The first-order valence-corrected chi connectivity index (χ1v) is 4.05. The van der Waals surface area contributed by atoms with Crippen molar-refractivity contribution in [2.45, 2.75) is 33.3 Å². The number of hydrogen-bond donors (Lipinski definition) is 2.